The zero-order valence-corrected chi connectivity index (χ0v) is 12.2. The molecule has 5 heteroatoms. The fraction of sp³-hybridized carbons (Fsp3) is 0.600. The average Bonchev–Trinajstić information content (AvgIpc) is 2.88. The molecule has 0 amide bonds. The van der Waals surface area contributed by atoms with E-state index in [1.807, 2.05) is 19.1 Å². The van der Waals surface area contributed by atoms with Gasteiger partial charge in [0.05, 0.1) is 6.54 Å². The third-order valence-electron chi connectivity index (χ3n) is 3.44. The second-order valence-electron chi connectivity index (χ2n) is 5.24. The lowest BCUT2D eigenvalue weighted by Gasteiger charge is -2.24. The van der Waals surface area contributed by atoms with E-state index in [1.165, 1.54) is 32.1 Å². The first kappa shape index (κ1) is 14.6. The van der Waals surface area contributed by atoms with Crippen LogP contribution in [0.1, 0.15) is 43.6 Å². The molecule has 2 N–H and O–H groups in total. The number of aryl methyl sites for hydroxylation is 1. The Bertz CT molecular complexity index is 446. The van der Waals surface area contributed by atoms with Gasteiger partial charge in [0.2, 0.25) is 0 Å². The van der Waals surface area contributed by atoms with Gasteiger partial charge in [-0.2, -0.15) is 0 Å². The predicted octanol–water partition coefficient (Wildman–Crippen LogP) is 2.54. The van der Waals surface area contributed by atoms with Crippen molar-refractivity contribution in [2.24, 2.45) is 4.99 Å². The fourth-order valence-electron chi connectivity index (χ4n) is 2.41. The molecule has 0 aromatic carbocycles. The summed E-state index contributed by atoms with van der Waals surface area (Å²) in [5.74, 6) is 1.65. The number of nitrogens with zero attached hydrogens (tertiary/aromatic N) is 2. The van der Waals surface area contributed by atoms with Gasteiger partial charge in [-0.25, -0.2) is 4.99 Å². The van der Waals surface area contributed by atoms with E-state index in [4.69, 9.17) is 4.52 Å². The normalized spacial score (nSPS) is 16.9. The Balaban J connectivity index is 1.92. The molecule has 1 aliphatic rings. The van der Waals surface area contributed by atoms with Crippen LogP contribution < -0.4 is 10.6 Å². The van der Waals surface area contributed by atoms with E-state index in [0.29, 0.717) is 19.1 Å². The van der Waals surface area contributed by atoms with Crippen molar-refractivity contribution < 1.29 is 4.52 Å². The molecule has 0 saturated heterocycles. The van der Waals surface area contributed by atoms with Gasteiger partial charge in [-0.1, -0.05) is 30.5 Å². The topological polar surface area (TPSA) is 62.5 Å². The van der Waals surface area contributed by atoms with Crippen LogP contribution in [0, 0.1) is 6.92 Å². The van der Waals surface area contributed by atoms with E-state index in [2.05, 4.69) is 27.4 Å². The van der Waals surface area contributed by atoms with Crippen molar-refractivity contribution in [2.75, 3.05) is 6.54 Å². The minimum atomic E-state index is 0.524. The summed E-state index contributed by atoms with van der Waals surface area (Å²) >= 11 is 0. The molecule has 2 rings (SSSR count). The van der Waals surface area contributed by atoms with Crippen LogP contribution in [0.25, 0.3) is 0 Å². The number of hydrogen-bond donors (Lipinski definition) is 2. The maximum absolute atomic E-state index is 5.05. The van der Waals surface area contributed by atoms with Gasteiger partial charge in [0, 0.05) is 18.7 Å². The Morgan fingerprint density at radius 1 is 1.50 bits per heavy atom. The monoisotopic (exact) mass is 276 g/mol. The molecule has 1 aliphatic carbocycles. The molecule has 1 fully saturated rings. The first-order valence-electron chi connectivity index (χ1n) is 7.36. The smallest absolute Gasteiger partial charge is 0.192 e. The molecule has 20 heavy (non-hydrogen) atoms. The highest BCUT2D eigenvalue weighted by Gasteiger charge is 2.14. The van der Waals surface area contributed by atoms with Gasteiger partial charge in [0.15, 0.2) is 5.96 Å². The van der Waals surface area contributed by atoms with E-state index in [-0.39, 0.29) is 0 Å². The highest BCUT2D eigenvalue weighted by atomic mass is 16.5. The van der Waals surface area contributed by atoms with Crippen molar-refractivity contribution in [3.05, 3.63) is 30.2 Å². The highest BCUT2D eigenvalue weighted by Crippen LogP contribution is 2.17. The third-order valence-corrected chi connectivity index (χ3v) is 3.44. The van der Waals surface area contributed by atoms with Crippen LogP contribution in [0.3, 0.4) is 0 Å². The second kappa shape index (κ2) is 7.72. The Morgan fingerprint density at radius 2 is 2.30 bits per heavy atom. The number of nitrogens with one attached hydrogen (secondary N) is 2. The van der Waals surface area contributed by atoms with Crippen molar-refractivity contribution in [1.82, 2.24) is 15.8 Å². The van der Waals surface area contributed by atoms with E-state index in [1.54, 1.807) is 0 Å². The highest BCUT2D eigenvalue weighted by molar-refractivity contribution is 5.80. The predicted molar refractivity (Wildman–Crippen MR) is 80.6 cm³/mol. The van der Waals surface area contributed by atoms with Gasteiger partial charge in [0.1, 0.15) is 11.5 Å². The lowest BCUT2D eigenvalue weighted by atomic mass is 9.96. The van der Waals surface area contributed by atoms with Crippen LogP contribution in [-0.4, -0.2) is 23.7 Å². The van der Waals surface area contributed by atoms with Crippen LogP contribution in [0.2, 0.25) is 0 Å². The molecule has 110 valence electrons. The molecule has 0 unspecified atom stereocenters. The molecule has 0 aliphatic heterocycles. The van der Waals surface area contributed by atoms with Crippen LogP contribution in [0.5, 0.6) is 0 Å². The molecular formula is C15H24N4O. The summed E-state index contributed by atoms with van der Waals surface area (Å²) in [6, 6.07) is 2.44. The second-order valence-corrected chi connectivity index (χ2v) is 5.24. The standard InChI is InChI=1S/C15H24N4O/c1-3-9-16-15(18-13-7-5-4-6-8-13)17-11-14-10-12(2)20-19-14/h3,10,13H,1,4-9,11H2,2H3,(H2,16,17,18). The van der Waals surface area contributed by atoms with Gasteiger partial charge < -0.3 is 15.2 Å². The summed E-state index contributed by atoms with van der Waals surface area (Å²) in [4.78, 5) is 4.56. The summed E-state index contributed by atoms with van der Waals surface area (Å²) in [5.41, 5.74) is 0.853. The van der Waals surface area contributed by atoms with Crippen LogP contribution in [-0.2, 0) is 6.54 Å². The summed E-state index contributed by atoms with van der Waals surface area (Å²) in [6.07, 6.45) is 8.22. The zero-order chi connectivity index (χ0) is 14.2. The molecule has 1 aromatic rings. The first-order chi connectivity index (χ1) is 9.78. The number of hydrogen-bond acceptors (Lipinski definition) is 3. The van der Waals surface area contributed by atoms with Crippen molar-refractivity contribution in [2.45, 2.75) is 51.6 Å². The van der Waals surface area contributed by atoms with Crippen molar-refractivity contribution >= 4 is 5.96 Å². The SMILES string of the molecule is C=CCNC(=NCc1cc(C)on1)NC1CCCCC1. The van der Waals surface area contributed by atoms with Crippen LogP contribution >= 0.6 is 0 Å². The number of aliphatic imine (C=N–C) groups is 1. The maximum atomic E-state index is 5.05. The van der Waals surface area contributed by atoms with Gasteiger partial charge in [0.25, 0.3) is 0 Å². The summed E-state index contributed by atoms with van der Waals surface area (Å²) in [6.45, 7) is 6.84. The lowest BCUT2D eigenvalue weighted by molar-refractivity contribution is 0.390. The largest absolute Gasteiger partial charge is 0.361 e. The third kappa shape index (κ3) is 4.72. The number of guanidine groups is 1. The molecule has 1 aromatic heterocycles. The van der Waals surface area contributed by atoms with Gasteiger partial charge in [-0.05, 0) is 19.8 Å². The summed E-state index contributed by atoms with van der Waals surface area (Å²) < 4.78 is 5.05. The van der Waals surface area contributed by atoms with E-state index < -0.39 is 0 Å². The number of aromatic nitrogens is 1. The minimum absolute atomic E-state index is 0.524. The Labute approximate surface area is 120 Å². The fourth-order valence-corrected chi connectivity index (χ4v) is 2.41. The van der Waals surface area contributed by atoms with Crippen molar-refractivity contribution in [3.63, 3.8) is 0 Å². The van der Waals surface area contributed by atoms with Gasteiger partial charge in [-0.3, -0.25) is 0 Å². The van der Waals surface area contributed by atoms with E-state index in [0.717, 1.165) is 17.4 Å². The summed E-state index contributed by atoms with van der Waals surface area (Å²) in [5, 5.41) is 10.7. The van der Waals surface area contributed by atoms with Crippen molar-refractivity contribution in [1.29, 1.82) is 0 Å². The number of rotatable bonds is 5. The van der Waals surface area contributed by atoms with Gasteiger partial charge >= 0.3 is 0 Å². The zero-order valence-electron chi connectivity index (χ0n) is 12.2. The van der Waals surface area contributed by atoms with E-state index in [9.17, 15) is 0 Å². The Morgan fingerprint density at radius 3 is 2.95 bits per heavy atom. The van der Waals surface area contributed by atoms with E-state index >= 15 is 0 Å². The first-order valence-corrected chi connectivity index (χ1v) is 7.36. The molecule has 0 radical (unpaired) electrons. The molecule has 1 heterocycles. The van der Waals surface area contributed by atoms with Crippen LogP contribution in [0.15, 0.2) is 28.2 Å². The molecule has 0 atom stereocenters. The molecule has 0 spiro atoms. The van der Waals surface area contributed by atoms with Crippen molar-refractivity contribution in [3.8, 4) is 0 Å². The van der Waals surface area contributed by atoms with Crippen LogP contribution in [0.4, 0.5) is 0 Å². The molecule has 1 saturated carbocycles. The molecular weight excluding hydrogens is 252 g/mol. The maximum Gasteiger partial charge on any atom is 0.192 e. The Hall–Kier alpha value is -1.78. The Kier molecular flexibility index (Phi) is 5.65. The van der Waals surface area contributed by atoms with Gasteiger partial charge in [-0.15, -0.1) is 6.58 Å². The average molecular weight is 276 g/mol. The molecule has 5 nitrogen and oxygen atoms in total. The molecule has 0 bridgehead atoms. The summed E-state index contributed by atoms with van der Waals surface area (Å²) in [7, 11) is 0. The minimum Gasteiger partial charge on any atom is -0.361 e. The quantitative estimate of drug-likeness (QED) is 0.493. The lowest BCUT2D eigenvalue weighted by Crippen LogP contribution is -2.44.